The minimum atomic E-state index is -0.436. The highest BCUT2D eigenvalue weighted by atomic mass is 16.5. The standard InChI is InChI=1S/C12H18N2O2/c1-10(9-16-2)8-14(12(13)15)11-6-4-3-5-7-11/h3-7,10H,8-9H2,1-2H3,(H2,13,15). The lowest BCUT2D eigenvalue weighted by Crippen LogP contribution is -2.39. The van der Waals surface area contributed by atoms with Gasteiger partial charge in [0.2, 0.25) is 0 Å². The second kappa shape index (κ2) is 6.12. The maximum absolute atomic E-state index is 11.3. The highest BCUT2D eigenvalue weighted by Gasteiger charge is 2.15. The second-order valence-electron chi connectivity index (χ2n) is 3.84. The molecule has 0 saturated heterocycles. The fourth-order valence-corrected chi connectivity index (χ4v) is 1.58. The van der Waals surface area contributed by atoms with Gasteiger partial charge in [-0.25, -0.2) is 4.79 Å². The first kappa shape index (κ1) is 12.5. The molecule has 0 heterocycles. The first-order chi connectivity index (χ1) is 7.65. The molecule has 4 nitrogen and oxygen atoms in total. The Balaban J connectivity index is 2.73. The van der Waals surface area contributed by atoms with Crippen molar-refractivity contribution in [2.45, 2.75) is 6.92 Å². The van der Waals surface area contributed by atoms with Gasteiger partial charge in [-0.3, -0.25) is 4.90 Å². The van der Waals surface area contributed by atoms with Gasteiger partial charge in [-0.15, -0.1) is 0 Å². The Kier molecular flexibility index (Phi) is 4.79. The first-order valence-corrected chi connectivity index (χ1v) is 5.26. The monoisotopic (exact) mass is 222 g/mol. The van der Waals surface area contributed by atoms with E-state index < -0.39 is 6.03 Å². The zero-order chi connectivity index (χ0) is 12.0. The SMILES string of the molecule is COCC(C)CN(C(N)=O)c1ccccc1. The summed E-state index contributed by atoms with van der Waals surface area (Å²) in [6.45, 7) is 3.19. The molecule has 4 heteroatoms. The van der Waals surface area contributed by atoms with Crippen molar-refractivity contribution in [3.63, 3.8) is 0 Å². The summed E-state index contributed by atoms with van der Waals surface area (Å²) in [5.41, 5.74) is 6.18. The third-order valence-corrected chi connectivity index (χ3v) is 2.28. The van der Waals surface area contributed by atoms with Crippen molar-refractivity contribution in [3.05, 3.63) is 30.3 Å². The van der Waals surface area contributed by atoms with Crippen LogP contribution in [0.4, 0.5) is 10.5 Å². The third-order valence-electron chi connectivity index (χ3n) is 2.28. The van der Waals surface area contributed by atoms with E-state index in [1.54, 1.807) is 12.0 Å². The molecule has 1 rings (SSSR count). The Morgan fingerprint density at radius 1 is 1.44 bits per heavy atom. The molecule has 1 aromatic rings. The second-order valence-corrected chi connectivity index (χ2v) is 3.84. The lowest BCUT2D eigenvalue weighted by Gasteiger charge is -2.23. The maximum Gasteiger partial charge on any atom is 0.319 e. The van der Waals surface area contributed by atoms with Crippen molar-refractivity contribution >= 4 is 11.7 Å². The molecule has 1 unspecified atom stereocenters. The van der Waals surface area contributed by atoms with Crippen molar-refractivity contribution in [1.82, 2.24) is 0 Å². The van der Waals surface area contributed by atoms with Crippen LogP contribution in [0, 0.1) is 5.92 Å². The van der Waals surface area contributed by atoms with E-state index in [4.69, 9.17) is 10.5 Å². The first-order valence-electron chi connectivity index (χ1n) is 5.26. The lowest BCUT2D eigenvalue weighted by atomic mass is 10.1. The molecule has 0 radical (unpaired) electrons. The summed E-state index contributed by atoms with van der Waals surface area (Å²) >= 11 is 0. The molecule has 0 fully saturated rings. The van der Waals surface area contributed by atoms with E-state index >= 15 is 0 Å². The summed E-state index contributed by atoms with van der Waals surface area (Å²) < 4.78 is 5.04. The fraction of sp³-hybridized carbons (Fsp3) is 0.417. The van der Waals surface area contributed by atoms with E-state index in [2.05, 4.69) is 0 Å². The molecule has 88 valence electrons. The molecule has 0 aromatic heterocycles. The number of primary amides is 1. The molecule has 2 N–H and O–H groups in total. The molecule has 0 aliphatic rings. The van der Waals surface area contributed by atoms with Crippen molar-refractivity contribution < 1.29 is 9.53 Å². The van der Waals surface area contributed by atoms with Crippen molar-refractivity contribution in [2.24, 2.45) is 11.7 Å². The number of carbonyl (C=O) groups is 1. The average Bonchev–Trinajstić information content (AvgIpc) is 2.27. The number of nitrogens with two attached hydrogens (primary N) is 1. The Morgan fingerprint density at radius 2 is 2.06 bits per heavy atom. The zero-order valence-corrected chi connectivity index (χ0v) is 9.72. The van der Waals surface area contributed by atoms with Crippen LogP contribution < -0.4 is 10.6 Å². The van der Waals surface area contributed by atoms with Crippen LogP contribution in [0.3, 0.4) is 0 Å². The average molecular weight is 222 g/mol. The van der Waals surface area contributed by atoms with Gasteiger partial charge in [-0.1, -0.05) is 25.1 Å². The Labute approximate surface area is 96.0 Å². The van der Waals surface area contributed by atoms with Gasteiger partial charge < -0.3 is 10.5 Å². The molecule has 0 saturated carbocycles. The molecule has 0 bridgehead atoms. The van der Waals surface area contributed by atoms with Crippen molar-refractivity contribution in [1.29, 1.82) is 0 Å². The number of amides is 2. The van der Waals surface area contributed by atoms with Gasteiger partial charge in [-0.05, 0) is 18.1 Å². The summed E-state index contributed by atoms with van der Waals surface area (Å²) in [4.78, 5) is 12.9. The molecule has 1 aromatic carbocycles. The van der Waals surface area contributed by atoms with Crippen LogP contribution in [-0.4, -0.2) is 26.3 Å². The number of para-hydroxylation sites is 1. The van der Waals surface area contributed by atoms with Gasteiger partial charge in [0.15, 0.2) is 0 Å². The number of anilines is 1. The molecular formula is C12H18N2O2. The predicted molar refractivity (Wildman–Crippen MR) is 64.4 cm³/mol. The summed E-state index contributed by atoms with van der Waals surface area (Å²) in [7, 11) is 1.65. The van der Waals surface area contributed by atoms with Gasteiger partial charge in [0.25, 0.3) is 0 Å². The summed E-state index contributed by atoms with van der Waals surface area (Å²) in [6, 6.07) is 8.96. The number of hydrogen-bond acceptors (Lipinski definition) is 2. The number of hydrogen-bond donors (Lipinski definition) is 1. The van der Waals surface area contributed by atoms with Crippen LogP contribution in [0.5, 0.6) is 0 Å². The molecule has 0 aliphatic heterocycles. The van der Waals surface area contributed by atoms with E-state index in [0.29, 0.717) is 13.2 Å². The molecule has 0 aliphatic carbocycles. The van der Waals surface area contributed by atoms with Gasteiger partial charge >= 0.3 is 6.03 Å². The predicted octanol–water partition coefficient (Wildman–Crippen LogP) is 1.85. The Hall–Kier alpha value is -1.55. The maximum atomic E-state index is 11.3. The number of urea groups is 1. The summed E-state index contributed by atoms with van der Waals surface area (Å²) in [6.07, 6.45) is 0. The number of carbonyl (C=O) groups excluding carboxylic acids is 1. The summed E-state index contributed by atoms with van der Waals surface area (Å²) in [5.74, 6) is 0.248. The molecule has 1 atom stereocenters. The van der Waals surface area contributed by atoms with Gasteiger partial charge in [0, 0.05) is 19.3 Å². The molecule has 2 amide bonds. The number of methoxy groups -OCH3 is 1. The fourth-order valence-electron chi connectivity index (χ4n) is 1.58. The number of rotatable bonds is 5. The van der Waals surface area contributed by atoms with E-state index in [0.717, 1.165) is 5.69 Å². The molecule has 0 spiro atoms. The highest BCUT2D eigenvalue weighted by Crippen LogP contribution is 2.14. The minimum Gasteiger partial charge on any atom is -0.384 e. The Morgan fingerprint density at radius 3 is 2.56 bits per heavy atom. The van der Waals surface area contributed by atoms with Gasteiger partial charge in [-0.2, -0.15) is 0 Å². The van der Waals surface area contributed by atoms with Gasteiger partial charge in [0.1, 0.15) is 0 Å². The Bertz CT molecular complexity index is 327. The summed E-state index contributed by atoms with van der Waals surface area (Å²) in [5, 5.41) is 0. The van der Waals surface area contributed by atoms with Gasteiger partial charge in [0.05, 0.1) is 6.61 Å². The smallest absolute Gasteiger partial charge is 0.319 e. The molecule has 16 heavy (non-hydrogen) atoms. The number of nitrogens with zero attached hydrogens (tertiary/aromatic N) is 1. The van der Waals surface area contributed by atoms with Crippen LogP contribution in [0.2, 0.25) is 0 Å². The van der Waals surface area contributed by atoms with E-state index in [-0.39, 0.29) is 5.92 Å². The van der Waals surface area contributed by atoms with Crippen LogP contribution in [0.15, 0.2) is 30.3 Å². The van der Waals surface area contributed by atoms with Crippen LogP contribution >= 0.6 is 0 Å². The highest BCUT2D eigenvalue weighted by molar-refractivity contribution is 5.90. The van der Waals surface area contributed by atoms with Crippen molar-refractivity contribution in [2.75, 3.05) is 25.2 Å². The van der Waals surface area contributed by atoms with Crippen molar-refractivity contribution in [3.8, 4) is 0 Å². The van der Waals surface area contributed by atoms with Crippen LogP contribution in [0.25, 0.3) is 0 Å². The third kappa shape index (κ3) is 3.55. The quantitative estimate of drug-likeness (QED) is 0.826. The van der Waals surface area contributed by atoms with E-state index in [1.165, 1.54) is 0 Å². The van der Waals surface area contributed by atoms with Crippen LogP contribution in [0.1, 0.15) is 6.92 Å². The molecular weight excluding hydrogens is 204 g/mol. The minimum absolute atomic E-state index is 0.248. The topological polar surface area (TPSA) is 55.6 Å². The normalized spacial score (nSPS) is 12.1. The number of benzene rings is 1. The lowest BCUT2D eigenvalue weighted by molar-refractivity contribution is 0.162. The zero-order valence-electron chi connectivity index (χ0n) is 9.72. The van der Waals surface area contributed by atoms with E-state index in [9.17, 15) is 4.79 Å². The van der Waals surface area contributed by atoms with Crippen LogP contribution in [-0.2, 0) is 4.74 Å². The largest absolute Gasteiger partial charge is 0.384 e. The van der Waals surface area contributed by atoms with E-state index in [1.807, 2.05) is 37.3 Å². The number of ether oxygens (including phenoxy) is 1.